The molecule has 1 aromatic rings. The first-order valence-electron chi connectivity index (χ1n) is 7.25. The average Bonchev–Trinajstić information content (AvgIpc) is 2.49. The molecule has 0 radical (unpaired) electrons. The molecule has 110 valence electrons. The third-order valence-corrected chi connectivity index (χ3v) is 3.90. The number of aliphatic hydroxyl groups excluding tert-OH is 1. The fourth-order valence-corrected chi connectivity index (χ4v) is 2.67. The molecule has 2 rings (SSSR count). The zero-order valence-electron chi connectivity index (χ0n) is 12.2. The molecule has 1 saturated heterocycles. The van der Waals surface area contributed by atoms with Gasteiger partial charge in [0.1, 0.15) is 0 Å². The molecule has 1 amide bonds. The number of rotatable bonds is 4. The van der Waals surface area contributed by atoms with Gasteiger partial charge in [-0.3, -0.25) is 4.79 Å². The van der Waals surface area contributed by atoms with Gasteiger partial charge in [-0.05, 0) is 18.9 Å². The van der Waals surface area contributed by atoms with Crippen LogP contribution < -0.4 is 0 Å². The van der Waals surface area contributed by atoms with Crippen LogP contribution in [0.2, 0.25) is 0 Å². The summed E-state index contributed by atoms with van der Waals surface area (Å²) in [5.41, 5.74) is 1.05. The van der Waals surface area contributed by atoms with Crippen molar-refractivity contribution in [1.29, 1.82) is 0 Å². The highest BCUT2D eigenvalue weighted by Crippen LogP contribution is 2.24. The van der Waals surface area contributed by atoms with E-state index in [2.05, 4.69) is 0 Å². The second-order valence-corrected chi connectivity index (χ2v) is 5.35. The Morgan fingerprint density at radius 2 is 2.15 bits per heavy atom. The van der Waals surface area contributed by atoms with E-state index < -0.39 is 0 Å². The van der Waals surface area contributed by atoms with Crippen LogP contribution in [0, 0.1) is 0 Å². The van der Waals surface area contributed by atoms with Crippen LogP contribution in [0.5, 0.6) is 0 Å². The van der Waals surface area contributed by atoms with Crippen LogP contribution in [-0.2, 0) is 9.53 Å². The maximum absolute atomic E-state index is 12.8. The summed E-state index contributed by atoms with van der Waals surface area (Å²) in [6, 6.07) is 9.94. The van der Waals surface area contributed by atoms with E-state index in [-0.39, 0.29) is 30.6 Å². The summed E-state index contributed by atoms with van der Waals surface area (Å²) < 4.78 is 5.49. The van der Waals surface area contributed by atoms with Gasteiger partial charge in [0.2, 0.25) is 5.91 Å². The van der Waals surface area contributed by atoms with Crippen LogP contribution >= 0.6 is 0 Å². The third-order valence-electron chi connectivity index (χ3n) is 3.90. The van der Waals surface area contributed by atoms with E-state index in [9.17, 15) is 9.90 Å². The van der Waals surface area contributed by atoms with E-state index in [4.69, 9.17) is 4.74 Å². The number of nitrogens with zero attached hydrogens (tertiary/aromatic N) is 1. The molecule has 3 unspecified atom stereocenters. The van der Waals surface area contributed by atoms with Gasteiger partial charge in [-0.15, -0.1) is 0 Å². The summed E-state index contributed by atoms with van der Waals surface area (Å²) in [6.45, 7) is 4.94. The summed E-state index contributed by atoms with van der Waals surface area (Å²) in [6.07, 6.45) is 0.514. The summed E-state index contributed by atoms with van der Waals surface area (Å²) in [5, 5.41) is 9.23. The van der Waals surface area contributed by atoms with Gasteiger partial charge in [-0.25, -0.2) is 0 Å². The Hall–Kier alpha value is -1.39. The topological polar surface area (TPSA) is 49.8 Å². The Morgan fingerprint density at radius 3 is 2.75 bits per heavy atom. The van der Waals surface area contributed by atoms with Crippen molar-refractivity contribution in [3.05, 3.63) is 35.9 Å². The highest BCUT2D eigenvalue weighted by Gasteiger charge is 2.33. The Bertz CT molecular complexity index is 435. The lowest BCUT2D eigenvalue weighted by molar-refractivity contribution is -0.147. The van der Waals surface area contributed by atoms with E-state index in [1.807, 2.05) is 49.1 Å². The minimum atomic E-state index is -0.261. The number of amides is 1. The zero-order valence-corrected chi connectivity index (χ0v) is 12.2. The van der Waals surface area contributed by atoms with Crippen molar-refractivity contribution in [2.75, 3.05) is 19.8 Å². The number of ether oxygens (including phenoxy) is 1. The second kappa shape index (κ2) is 6.86. The van der Waals surface area contributed by atoms with Crippen molar-refractivity contribution in [1.82, 2.24) is 4.90 Å². The van der Waals surface area contributed by atoms with Crippen molar-refractivity contribution in [2.24, 2.45) is 0 Å². The highest BCUT2D eigenvalue weighted by atomic mass is 16.5. The Morgan fingerprint density at radius 1 is 1.45 bits per heavy atom. The molecular weight excluding hydrogens is 254 g/mol. The fourth-order valence-electron chi connectivity index (χ4n) is 2.67. The van der Waals surface area contributed by atoms with Crippen molar-refractivity contribution < 1.29 is 14.6 Å². The molecule has 0 spiro atoms. The van der Waals surface area contributed by atoms with E-state index in [0.717, 1.165) is 12.0 Å². The van der Waals surface area contributed by atoms with Gasteiger partial charge in [0, 0.05) is 6.54 Å². The summed E-state index contributed by atoms with van der Waals surface area (Å²) in [5.74, 6) is 0.0176. The van der Waals surface area contributed by atoms with Gasteiger partial charge >= 0.3 is 0 Å². The molecule has 1 fully saturated rings. The first kappa shape index (κ1) is 15.0. The Labute approximate surface area is 120 Å². The Kier molecular flexibility index (Phi) is 5.15. The smallest absolute Gasteiger partial charge is 0.230 e. The second-order valence-electron chi connectivity index (χ2n) is 5.35. The molecule has 4 heteroatoms. The average molecular weight is 277 g/mol. The molecule has 1 aromatic carbocycles. The molecule has 1 aliphatic rings. The largest absolute Gasteiger partial charge is 0.394 e. The van der Waals surface area contributed by atoms with Crippen LogP contribution in [0.1, 0.15) is 31.7 Å². The van der Waals surface area contributed by atoms with Gasteiger partial charge in [0.15, 0.2) is 0 Å². The molecule has 3 atom stereocenters. The number of hydrogen-bond acceptors (Lipinski definition) is 3. The lowest BCUT2D eigenvalue weighted by atomic mass is 9.94. The molecule has 1 heterocycles. The summed E-state index contributed by atoms with van der Waals surface area (Å²) in [4.78, 5) is 14.6. The van der Waals surface area contributed by atoms with Gasteiger partial charge in [0.05, 0.1) is 31.3 Å². The number of aliphatic hydroxyl groups is 1. The predicted octanol–water partition coefficient (Wildman–Crippen LogP) is 1.79. The molecular formula is C16H23NO3. The van der Waals surface area contributed by atoms with Crippen LogP contribution in [0.4, 0.5) is 0 Å². The van der Waals surface area contributed by atoms with Crippen LogP contribution in [0.25, 0.3) is 0 Å². The number of benzene rings is 1. The van der Waals surface area contributed by atoms with E-state index in [1.165, 1.54) is 0 Å². The van der Waals surface area contributed by atoms with Crippen molar-refractivity contribution in [3.8, 4) is 0 Å². The minimum absolute atomic E-state index is 0.0430. The van der Waals surface area contributed by atoms with Crippen LogP contribution in [-0.4, -0.2) is 47.8 Å². The monoisotopic (exact) mass is 277 g/mol. The van der Waals surface area contributed by atoms with Gasteiger partial charge in [-0.2, -0.15) is 0 Å². The first-order valence-corrected chi connectivity index (χ1v) is 7.25. The lowest BCUT2D eigenvalue weighted by Gasteiger charge is -2.39. The summed E-state index contributed by atoms with van der Waals surface area (Å²) in [7, 11) is 0. The molecule has 4 nitrogen and oxygen atoms in total. The molecule has 0 saturated carbocycles. The van der Waals surface area contributed by atoms with E-state index in [1.54, 1.807) is 0 Å². The van der Waals surface area contributed by atoms with Crippen molar-refractivity contribution in [2.45, 2.75) is 38.3 Å². The summed E-state index contributed by atoms with van der Waals surface area (Å²) >= 11 is 0. The number of carbonyl (C=O) groups is 1. The molecule has 1 aliphatic heterocycles. The van der Waals surface area contributed by atoms with Crippen LogP contribution in [0.15, 0.2) is 30.3 Å². The Balaban J connectivity index is 2.15. The maximum atomic E-state index is 12.8. The SMILES string of the molecule is CCC(C(=O)N1CC(CO)OCC1C)c1ccccc1. The van der Waals surface area contributed by atoms with Gasteiger partial charge in [0.25, 0.3) is 0 Å². The first-order chi connectivity index (χ1) is 9.67. The predicted molar refractivity (Wildman–Crippen MR) is 77.5 cm³/mol. The van der Waals surface area contributed by atoms with Gasteiger partial charge in [-0.1, -0.05) is 37.3 Å². The standard InChI is InChI=1S/C16H23NO3/c1-3-15(13-7-5-4-6-8-13)16(19)17-9-14(10-18)20-11-12(17)2/h4-8,12,14-15,18H,3,9-11H2,1-2H3. The highest BCUT2D eigenvalue weighted by molar-refractivity contribution is 5.84. The molecule has 1 N–H and O–H groups in total. The van der Waals surface area contributed by atoms with E-state index in [0.29, 0.717) is 13.2 Å². The molecule has 20 heavy (non-hydrogen) atoms. The lowest BCUT2D eigenvalue weighted by Crippen LogP contribution is -2.53. The molecule has 0 aliphatic carbocycles. The maximum Gasteiger partial charge on any atom is 0.230 e. The molecule has 0 aromatic heterocycles. The van der Waals surface area contributed by atoms with E-state index >= 15 is 0 Å². The van der Waals surface area contributed by atoms with Gasteiger partial charge < -0.3 is 14.7 Å². The third kappa shape index (κ3) is 3.19. The van der Waals surface area contributed by atoms with Crippen molar-refractivity contribution in [3.63, 3.8) is 0 Å². The molecule has 0 bridgehead atoms. The fraction of sp³-hybridized carbons (Fsp3) is 0.562. The quantitative estimate of drug-likeness (QED) is 0.913. The minimum Gasteiger partial charge on any atom is -0.394 e. The van der Waals surface area contributed by atoms with Crippen LogP contribution in [0.3, 0.4) is 0 Å². The normalized spacial score (nSPS) is 24.4. The van der Waals surface area contributed by atoms with Crippen molar-refractivity contribution >= 4 is 5.91 Å². The number of carbonyl (C=O) groups excluding carboxylic acids is 1. The number of morpholine rings is 1. The zero-order chi connectivity index (χ0) is 14.5. The number of hydrogen-bond donors (Lipinski definition) is 1.